The zero-order valence-corrected chi connectivity index (χ0v) is 20.9. The largest absolute Gasteiger partial charge is 0.506 e. The minimum atomic E-state index is -0.795. The maximum absolute atomic E-state index is 12.3. The number of hydrogen-bond acceptors (Lipinski definition) is 5. The molecule has 2 aromatic carbocycles. The molecule has 1 fully saturated rings. The molecule has 192 valence electrons. The summed E-state index contributed by atoms with van der Waals surface area (Å²) in [5, 5.41) is 27.9. The van der Waals surface area contributed by atoms with Crippen LogP contribution in [0.1, 0.15) is 61.8 Å². The number of carbonyl (C=O) groups excluding carboxylic acids is 1. The van der Waals surface area contributed by atoms with Gasteiger partial charge in [0.05, 0.1) is 18.0 Å². The first-order chi connectivity index (χ1) is 17.4. The maximum Gasteiger partial charge on any atom is 0.248 e. The van der Waals surface area contributed by atoms with Gasteiger partial charge in [-0.15, -0.1) is 0 Å². The zero-order valence-electron chi connectivity index (χ0n) is 20.9. The van der Waals surface area contributed by atoms with Crippen LogP contribution >= 0.6 is 0 Å². The van der Waals surface area contributed by atoms with Crippen LogP contribution in [-0.2, 0) is 17.6 Å². The quantitative estimate of drug-likeness (QED) is 0.297. The van der Waals surface area contributed by atoms with Crippen molar-refractivity contribution in [2.75, 3.05) is 13.1 Å². The molecule has 1 aromatic heterocycles. The van der Waals surface area contributed by atoms with E-state index >= 15 is 0 Å². The molecule has 2 atom stereocenters. The van der Waals surface area contributed by atoms with Crippen molar-refractivity contribution in [1.29, 1.82) is 0 Å². The van der Waals surface area contributed by atoms with Crippen molar-refractivity contribution < 1.29 is 15.0 Å². The average molecular weight is 492 g/mol. The lowest BCUT2D eigenvalue weighted by Gasteiger charge is -2.21. The molecule has 0 aliphatic heterocycles. The van der Waals surface area contributed by atoms with Crippen molar-refractivity contribution in [2.24, 2.45) is 5.92 Å². The first-order valence-corrected chi connectivity index (χ1v) is 13.0. The number of H-pyrrole nitrogens is 1. The Balaban J connectivity index is 1.25. The van der Waals surface area contributed by atoms with E-state index < -0.39 is 6.10 Å². The van der Waals surface area contributed by atoms with Crippen LogP contribution in [0, 0.1) is 5.92 Å². The van der Waals surface area contributed by atoms with Crippen molar-refractivity contribution in [1.82, 2.24) is 15.6 Å². The lowest BCUT2D eigenvalue weighted by molar-refractivity contribution is -0.120. The van der Waals surface area contributed by atoms with Crippen molar-refractivity contribution in [3.8, 4) is 5.75 Å². The van der Waals surface area contributed by atoms with Crippen LogP contribution in [-0.4, -0.2) is 40.2 Å². The number of phenols is 1. The highest BCUT2D eigenvalue weighted by Crippen LogP contribution is 2.28. The van der Waals surface area contributed by atoms with Gasteiger partial charge < -0.3 is 25.8 Å². The SMILES string of the molecule is C[C@H](Cc1ccc(CC(=O)NCC2CCCCC2)cc1)NC[C@H](O)c1ccc(O)c2[nH]c(=O)ccc12. The van der Waals surface area contributed by atoms with Gasteiger partial charge in [0.15, 0.2) is 0 Å². The van der Waals surface area contributed by atoms with E-state index in [1.54, 1.807) is 12.1 Å². The van der Waals surface area contributed by atoms with Crippen molar-refractivity contribution in [3.05, 3.63) is 75.6 Å². The molecule has 1 aliphatic rings. The highest BCUT2D eigenvalue weighted by molar-refractivity contribution is 5.87. The van der Waals surface area contributed by atoms with Gasteiger partial charge >= 0.3 is 0 Å². The van der Waals surface area contributed by atoms with E-state index in [0.717, 1.165) is 24.1 Å². The van der Waals surface area contributed by atoms with Crippen molar-refractivity contribution in [3.63, 3.8) is 0 Å². The van der Waals surface area contributed by atoms with Gasteiger partial charge in [-0.1, -0.05) is 49.6 Å². The van der Waals surface area contributed by atoms with Crippen LogP contribution in [0.15, 0.2) is 53.3 Å². The number of rotatable bonds is 10. The molecule has 0 bridgehead atoms. The summed E-state index contributed by atoms with van der Waals surface area (Å²) < 4.78 is 0. The van der Waals surface area contributed by atoms with Gasteiger partial charge in [0.2, 0.25) is 11.5 Å². The molecule has 4 rings (SSSR count). The third kappa shape index (κ3) is 6.95. The maximum atomic E-state index is 12.3. The first kappa shape index (κ1) is 25.9. The predicted octanol–water partition coefficient (Wildman–Crippen LogP) is 3.73. The van der Waals surface area contributed by atoms with Crippen LogP contribution in [0.5, 0.6) is 5.75 Å². The molecule has 5 N–H and O–H groups in total. The van der Waals surface area contributed by atoms with Crippen molar-refractivity contribution in [2.45, 2.75) is 64.0 Å². The Hall–Kier alpha value is -3.16. The van der Waals surface area contributed by atoms with Gasteiger partial charge in [-0.3, -0.25) is 9.59 Å². The number of fused-ring (bicyclic) bond motifs is 1. The summed E-state index contributed by atoms with van der Waals surface area (Å²) in [7, 11) is 0. The normalized spacial score (nSPS) is 16.1. The molecule has 7 heteroatoms. The van der Waals surface area contributed by atoms with Gasteiger partial charge in [-0.2, -0.15) is 0 Å². The number of aliphatic hydroxyl groups is 1. The fourth-order valence-electron chi connectivity index (χ4n) is 5.09. The van der Waals surface area contributed by atoms with Crippen LogP contribution < -0.4 is 16.2 Å². The Morgan fingerprint density at radius 2 is 1.75 bits per heavy atom. The first-order valence-electron chi connectivity index (χ1n) is 13.0. The third-order valence-corrected chi connectivity index (χ3v) is 7.17. The number of carbonyl (C=O) groups is 1. The lowest BCUT2D eigenvalue weighted by Crippen LogP contribution is -2.32. The molecule has 1 saturated carbocycles. The molecular weight excluding hydrogens is 454 g/mol. The molecule has 36 heavy (non-hydrogen) atoms. The molecule has 0 saturated heterocycles. The second-order valence-corrected chi connectivity index (χ2v) is 10.1. The molecule has 3 aromatic rings. The molecule has 0 radical (unpaired) electrons. The summed E-state index contributed by atoms with van der Waals surface area (Å²) in [6.07, 6.45) is 6.73. The Kier molecular flexibility index (Phi) is 8.78. The number of aliphatic hydroxyl groups excluding tert-OH is 1. The number of aromatic nitrogens is 1. The third-order valence-electron chi connectivity index (χ3n) is 7.17. The van der Waals surface area contributed by atoms with E-state index in [0.29, 0.717) is 35.3 Å². The molecule has 7 nitrogen and oxygen atoms in total. The van der Waals surface area contributed by atoms with Gasteiger partial charge in [-0.05, 0) is 60.9 Å². The topological polar surface area (TPSA) is 114 Å². The van der Waals surface area contributed by atoms with E-state index in [9.17, 15) is 19.8 Å². The standard InChI is InChI=1S/C29H37N3O4/c1-19(30-18-26(34)23-11-13-25(33)29-24(23)12-14-27(35)32-29)15-20-7-9-21(10-8-20)16-28(36)31-17-22-5-3-2-4-6-22/h7-14,19,22,26,30,33-34H,2-6,15-18H2,1H3,(H,31,36)(H,32,35)/t19-,26+/m1/s1. The van der Waals surface area contributed by atoms with Gasteiger partial charge in [0, 0.05) is 30.6 Å². The number of nitrogens with one attached hydrogen (secondary N) is 3. The van der Waals surface area contributed by atoms with Gasteiger partial charge in [0.1, 0.15) is 5.75 Å². The lowest BCUT2D eigenvalue weighted by atomic mass is 9.89. The minimum absolute atomic E-state index is 0.0230. The van der Waals surface area contributed by atoms with Crippen LogP contribution in [0.4, 0.5) is 0 Å². The number of aromatic amines is 1. The Bertz CT molecular complexity index is 1220. The Morgan fingerprint density at radius 3 is 2.50 bits per heavy atom. The van der Waals surface area contributed by atoms with E-state index in [1.165, 1.54) is 44.2 Å². The number of pyridine rings is 1. The number of amides is 1. The summed E-state index contributed by atoms with van der Waals surface area (Å²) in [6, 6.07) is 14.4. The smallest absolute Gasteiger partial charge is 0.248 e. The van der Waals surface area contributed by atoms with Crippen molar-refractivity contribution >= 4 is 16.8 Å². The molecule has 1 heterocycles. The fourth-order valence-corrected chi connectivity index (χ4v) is 5.09. The van der Waals surface area contributed by atoms with E-state index in [-0.39, 0.29) is 23.3 Å². The number of hydrogen-bond donors (Lipinski definition) is 5. The monoisotopic (exact) mass is 491 g/mol. The van der Waals surface area contributed by atoms with Crippen LogP contribution in [0.2, 0.25) is 0 Å². The van der Waals surface area contributed by atoms with Crippen LogP contribution in [0.25, 0.3) is 10.9 Å². The number of phenolic OH excluding ortho intramolecular Hbond substituents is 1. The highest BCUT2D eigenvalue weighted by Gasteiger charge is 2.16. The molecule has 1 aliphatic carbocycles. The summed E-state index contributed by atoms with van der Waals surface area (Å²) >= 11 is 0. The predicted molar refractivity (Wildman–Crippen MR) is 142 cm³/mol. The van der Waals surface area contributed by atoms with E-state index in [4.69, 9.17) is 0 Å². The number of benzene rings is 2. The second kappa shape index (κ2) is 12.2. The average Bonchev–Trinajstić information content (AvgIpc) is 2.88. The van der Waals surface area contributed by atoms with Gasteiger partial charge in [0.25, 0.3) is 0 Å². The Labute approximate surface area is 212 Å². The van der Waals surface area contributed by atoms with E-state index in [2.05, 4.69) is 34.7 Å². The second-order valence-electron chi connectivity index (χ2n) is 10.1. The molecule has 0 unspecified atom stereocenters. The van der Waals surface area contributed by atoms with E-state index in [1.807, 2.05) is 12.1 Å². The summed E-state index contributed by atoms with van der Waals surface area (Å²) in [5.74, 6) is 0.697. The summed E-state index contributed by atoms with van der Waals surface area (Å²) in [6.45, 7) is 3.19. The molecule has 1 amide bonds. The highest BCUT2D eigenvalue weighted by atomic mass is 16.3. The van der Waals surface area contributed by atoms with Crippen LogP contribution in [0.3, 0.4) is 0 Å². The minimum Gasteiger partial charge on any atom is -0.506 e. The summed E-state index contributed by atoms with van der Waals surface area (Å²) in [5.41, 5.74) is 2.83. The number of aromatic hydroxyl groups is 1. The van der Waals surface area contributed by atoms with Gasteiger partial charge in [-0.25, -0.2) is 0 Å². The molecular formula is C29H37N3O4. The Morgan fingerprint density at radius 1 is 1.03 bits per heavy atom. The molecule has 0 spiro atoms. The fraction of sp³-hybridized carbons (Fsp3) is 0.448. The summed E-state index contributed by atoms with van der Waals surface area (Å²) in [4.78, 5) is 26.6. The zero-order chi connectivity index (χ0) is 25.5.